The lowest BCUT2D eigenvalue weighted by Gasteiger charge is -2.15. The first-order valence-corrected chi connectivity index (χ1v) is 5.83. The monoisotopic (exact) mass is 279 g/mol. The van der Waals surface area contributed by atoms with Gasteiger partial charge >= 0.3 is 18.0 Å². The Morgan fingerprint density at radius 1 is 1.10 bits per heavy atom. The fraction of sp³-hybridized carbons (Fsp3) is 0.308. The number of anilines is 1. The molecule has 1 aliphatic rings. The summed E-state index contributed by atoms with van der Waals surface area (Å²) in [5.41, 5.74) is 0.700. The number of benzene rings is 1. The topological polar surface area (TPSA) is 82.1 Å². The van der Waals surface area contributed by atoms with Gasteiger partial charge in [-0.05, 0) is 18.2 Å². The van der Waals surface area contributed by atoms with Crippen LogP contribution in [0, 0.1) is 0 Å². The third-order valence-electron chi connectivity index (χ3n) is 2.83. The van der Waals surface area contributed by atoms with E-state index in [4.69, 9.17) is 4.74 Å². The van der Waals surface area contributed by atoms with Crippen molar-refractivity contribution in [2.45, 2.75) is 0 Å². The van der Waals surface area contributed by atoms with Gasteiger partial charge in [-0.15, -0.1) is 0 Å². The van der Waals surface area contributed by atoms with Crippen LogP contribution < -0.4 is 4.90 Å². The molecule has 1 aromatic carbocycles. The van der Waals surface area contributed by atoms with Crippen LogP contribution in [0.1, 0.15) is 20.7 Å². The fourth-order valence-corrected chi connectivity index (χ4v) is 1.87. The maximum absolute atomic E-state index is 11.6. The highest BCUT2D eigenvalue weighted by molar-refractivity contribution is 5.99. The summed E-state index contributed by atoms with van der Waals surface area (Å²) in [6.45, 7) is 0.610. The van der Waals surface area contributed by atoms with Gasteiger partial charge in [0.1, 0.15) is 6.61 Å². The number of ether oxygens (including phenoxy) is 3. The van der Waals surface area contributed by atoms with Gasteiger partial charge in [-0.1, -0.05) is 0 Å². The van der Waals surface area contributed by atoms with E-state index in [9.17, 15) is 14.4 Å². The summed E-state index contributed by atoms with van der Waals surface area (Å²) in [5, 5.41) is 0. The fourth-order valence-electron chi connectivity index (χ4n) is 1.87. The van der Waals surface area contributed by atoms with E-state index in [1.165, 1.54) is 37.3 Å². The Balaban J connectivity index is 2.47. The van der Waals surface area contributed by atoms with Crippen LogP contribution >= 0.6 is 0 Å². The lowest BCUT2D eigenvalue weighted by atomic mass is 10.1. The molecular weight excluding hydrogens is 266 g/mol. The molecule has 0 aromatic heterocycles. The normalized spacial score (nSPS) is 13.9. The number of carbonyl (C=O) groups excluding carboxylic acids is 3. The van der Waals surface area contributed by atoms with Gasteiger partial charge < -0.3 is 14.2 Å². The van der Waals surface area contributed by atoms with E-state index in [1.54, 1.807) is 0 Å². The van der Waals surface area contributed by atoms with Crippen molar-refractivity contribution in [1.82, 2.24) is 0 Å². The van der Waals surface area contributed by atoms with Crippen LogP contribution in [0.2, 0.25) is 0 Å². The number of methoxy groups -OCH3 is 2. The first kappa shape index (κ1) is 13.9. The molecule has 0 atom stereocenters. The van der Waals surface area contributed by atoms with E-state index in [0.717, 1.165) is 0 Å². The van der Waals surface area contributed by atoms with E-state index in [-0.39, 0.29) is 17.7 Å². The average Bonchev–Trinajstić information content (AvgIpc) is 2.91. The molecule has 0 N–H and O–H groups in total. The second kappa shape index (κ2) is 5.60. The second-order valence-corrected chi connectivity index (χ2v) is 4.02. The minimum atomic E-state index is -0.607. The molecule has 1 amide bonds. The maximum atomic E-state index is 11.6. The van der Waals surface area contributed by atoms with Crippen molar-refractivity contribution in [3.8, 4) is 0 Å². The molecule has 0 saturated carbocycles. The third-order valence-corrected chi connectivity index (χ3v) is 2.83. The highest BCUT2D eigenvalue weighted by Gasteiger charge is 2.26. The Kier molecular flexibility index (Phi) is 3.88. The van der Waals surface area contributed by atoms with Crippen LogP contribution in [0.25, 0.3) is 0 Å². The zero-order chi connectivity index (χ0) is 14.7. The summed E-state index contributed by atoms with van der Waals surface area (Å²) in [6.07, 6.45) is -0.525. The molecule has 0 radical (unpaired) electrons. The molecule has 0 bridgehead atoms. The van der Waals surface area contributed by atoms with Gasteiger partial charge in [-0.2, -0.15) is 0 Å². The van der Waals surface area contributed by atoms with Crippen molar-refractivity contribution in [3.63, 3.8) is 0 Å². The van der Waals surface area contributed by atoms with E-state index in [0.29, 0.717) is 12.2 Å². The van der Waals surface area contributed by atoms with Crippen molar-refractivity contribution in [1.29, 1.82) is 0 Å². The lowest BCUT2D eigenvalue weighted by molar-refractivity contribution is 0.0599. The largest absolute Gasteiger partial charge is 0.465 e. The van der Waals surface area contributed by atoms with Gasteiger partial charge in [0, 0.05) is 5.69 Å². The Labute approximate surface area is 115 Å². The smallest absolute Gasteiger partial charge is 0.414 e. The number of carbonyl (C=O) groups is 3. The Bertz CT molecular complexity index is 534. The van der Waals surface area contributed by atoms with Crippen LogP contribution in [0.3, 0.4) is 0 Å². The van der Waals surface area contributed by atoms with E-state index in [2.05, 4.69) is 9.47 Å². The number of hydrogen-bond acceptors (Lipinski definition) is 6. The molecule has 2 rings (SSSR count). The third kappa shape index (κ3) is 2.56. The first-order valence-electron chi connectivity index (χ1n) is 5.83. The van der Waals surface area contributed by atoms with E-state index >= 15 is 0 Å². The van der Waals surface area contributed by atoms with Gasteiger partial charge in [-0.25, -0.2) is 14.4 Å². The maximum Gasteiger partial charge on any atom is 0.414 e. The van der Waals surface area contributed by atoms with E-state index in [1.807, 2.05) is 0 Å². The zero-order valence-electron chi connectivity index (χ0n) is 11.0. The molecule has 1 heterocycles. The molecule has 7 nitrogen and oxygen atoms in total. The van der Waals surface area contributed by atoms with Crippen molar-refractivity contribution in [3.05, 3.63) is 29.3 Å². The van der Waals surface area contributed by atoms with Crippen molar-refractivity contribution in [2.75, 3.05) is 32.3 Å². The standard InChI is InChI=1S/C13H13NO6/c1-18-11(15)8-5-9(12(16)19-2)7-10(6-8)14-3-4-20-13(14)17/h5-7H,3-4H2,1-2H3. The molecule has 1 aliphatic heterocycles. The molecule has 0 aliphatic carbocycles. The number of amides is 1. The summed E-state index contributed by atoms with van der Waals surface area (Å²) in [5.74, 6) is -1.21. The predicted molar refractivity (Wildman–Crippen MR) is 67.8 cm³/mol. The van der Waals surface area contributed by atoms with Gasteiger partial charge in [-0.3, -0.25) is 4.90 Å². The molecule has 0 unspecified atom stereocenters. The molecule has 106 valence electrons. The number of nitrogens with zero attached hydrogens (tertiary/aromatic N) is 1. The molecule has 20 heavy (non-hydrogen) atoms. The van der Waals surface area contributed by atoms with Gasteiger partial charge in [0.15, 0.2) is 0 Å². The quantitative estimate of drug-likeness (QED) is 0.611. The number of esters is 2. The minimum absolute atomic E-state index is 0.158. The number of rotatable bonds is 3. The van der Waals surface area contributed by atoms with E-state index < -0.39 is 18.0 Å². The summed E-state index contributed by atoms with van der Waals surface area (Å²) in [6, 6.07) is 4.28. The Hall–Kier alpha value is -2.57. The Morgan fingerprint density at radius 2 is 1.65 bits per heavy atom. The SMILES string of the molecule is COC(=O)c1cc(C(=O)OC)cc(N2CCOC2=O)c1. The highest BCUT2D eigenvalue weighted by atomic mass is 16.6. The van der Waals surface area contributed by atoms with Crippen LogP contribution in [-0.2, 0) is 14.2 Å². The number of cyclic esters (lactones) is 1. The van der Waals surface area contributed by atoms with Crippen molar-refractivity contribution < 1.29 is 28.6 Å². The lowest BCUT2D eigenvalue weighted by Crippen LogP contribution is -2.24. The summed E-state index contributed by atoms with van der Waals surface area (Å²) in [7, 11) is 2.47. The molecule has 1 aromatic rings. The molecule has 7 heteroatoms. The van der Waals surface area contributed by atoms with Crippen LogP contribution in [-0.4, -0.2) is 45.4 Å². The average molecular weight is 279 g/mol. The summed E-state index contributed by atoms with van der Waals surface area (Å²) < 4.78 is 14.1. The van der Waals surface area contributed by atoms with Gasteiger partial charge in [0.25, 0.3) is 0 Å². The van der Waals surface area contributed by atoms with Crippen molar-refractivity contribution in [2.24, 2.45) is 0 Å². The van der Waals surface area contributed by atoms with Gasteiger partial charge in [0.05, 0.1) is 31.9 Å². The molecule has 0 spiro atoms. The van der Waals surface area contributed by atoms with Crippen LogP contribution in [0.5, 0.6) is 0 Å². The molecule has 1 saturated heterocycles. The molecule has 1 fully saturated rings. The highest BCUT2D eigenvalue weighted by Crippen LogP contribution is 2.23. The second-order valence-electron chi connectivity index (χ2n) is 4.02. The first-order chi connectivity index (χ1) is 9.56. The minimum Gasteiger partial charge on any atom is -0.465 e. The zero-order valence-corrected chi connectivity index (χ0v) is 11.0. The predicted octanol–water partition coefficient (Wildman–Crippen LogP) is 1.22. The molecular formula is C13H13NO6. The van der Waals surface area contributed by atoms with Crippen LogP contribution in [0.4, 0.5) is 10.5 Å². The van der Waals surface area contributed by atoms with Crippen LogP contribution in [0.15, 0.2) is 18.2 Å². The van der Waals surface area contributed by atoms with Gasteiger partial charge in [0.2, 0.25) is 0 Å². The Morgan fingerprint density at radius 3 is 2.05 bits per heavy atom. The summed E-state index contributed by atoms with van der Waals surface area (Å²) in [4.78, 5) is 36.1. The summed E-state index contributed by atoms with van der Waals surface area (Å²) >= 11 is 0. The number of hydrogen-bond donors (Lipinski definition) is 0. The van der Waals surface area contributed by atoms with Crippen molar-refractivity contribution >= 4 is 23.7 Å².